The van der Waals surface area contributed by atoms with Crippen LogP contribution < -0.4 is 14.4 Å². The average molecular weight is 558 g/mol. The van der Waals surface area contributed by atoms with Crippen molar-refractivity contribution in [2.45, 2.75) is 37.8 Å². The number of anilines is 1. The van der Waals surface area contributed by atoms with E-state index in [0.29, 0.717) is 35.1 Å². The van der Waals surface area contributed by atoms with Crippen LogP contribution in [0.1, 0.15) is 25.8 Å². The predicted molar refractivity (Wildman–Crippen MR) is 149 cm³/mol. The standard InChI is InChI=1S/C28H32ClN3O5S/c1-4-26(28(34)30-3)31(19-21-11-9-10-14-25(21)29)27(33)20-32(22-12-7-6-8-13-22)38(35,36)24-17-15-23(16-18-24)37-5-2/h6-18,26H,4-5,19-20H2,1-3H3,(H,30,34)/t26-/m1/s1. The summed E-state index contributed by atoms with van der Waals surface area (Å²) in [6.45, 7) is 3.60. The highest BCUT2D eigenvalue weighted by molar-refractivity contribution is 7.92. The summed E-state index contributed by atoms with van der Waals surface area (Å²) in [4.78, 5) is 28.0. The minimum absolute atomic E-state index is 0.00797. The molecule has 0 saturated heterocycles. The fourth-order valence-electron chi connectivity index (χ4n) is 4.02. The normalized spacial score (nSPS) is 11.9. The lowest BCUT2D eigenvalue weighted by Crippen LogP contribution is -2.51. The Kier molecular flexibility index (Phi) is 10.2. The fraction of sp³-hybridized carbons (Fsp3) is 0.286. The maximum atomic E-state index is 13.9. The number of ether oxygens (including phenoxy) is 1. The largest absolute Gasteiger partial charge is 0.494 e. The molecule has 2 amide bonds. The molecule has 0 saturated carbocycles. The minimum Gasteiger partial charge on any atom is -0.494 e. The molecule has 0 fully saturated rings. The van der Waals surface area contributed by atoms with Crippen molar-refractivity contribution in [1.29, 1.82) is 0 Å². The van der Waals surface area contributed by atoms with Crippen LogP contribution in [0.25, 0.3) is 0 Å². The van der Waals surface area contributed by atoms with E-state index in [1.807, 2.05) is 6.92 Å². The van der Waals surface area contributed by atoms with Gasteiger partial charge in [-0.05, 0) is 61.4 Å². The molecule has 0 aromatic heterocycles. The van der Waals surface area contributed by atoms with E-state index < -0.39 is 28.5 Å². The van der Waals surface area contributed by atoms with E-state index >= 15 is 0 Å². The topological polar surface area (TPSA) is 96.0 Å². The number of hydrogen-bond donors (Lipinski definition) is 1. The Balaban J connectivity index is 2.03. The Morgan fingerprint density at radius 2 is 1.58 bits per heavy atom. The lowest BCUT2D eigenvalue weighted by atomic mass is 10.1. The van der Waals surface area contributed by atoms with E-state index in [2.05, 4.69) is 5.32 Å². The molecule has 3 aromatic rings. The van der Waals surface area contributed by atoms with Gasteiger partial charge in [0.2, 0.25) is 11.8 Å². The highest BCUT2D eigenvalue weighted by Gasteiger charge is 2.33. The molecule has 0 aliphatic carbocycles. The van der Waals surface area contributed by atoms with Crippen molar-refractivity contribution in [2.24, 2.45) is 0 Å². The van der Waals surface area contributed by atoms with Gasteiger partial charge in [-0.15, -0.1) is 0 Å². The number of sulfonamides is 1. The van der Waals surface area contributed by atoms with Gasteiger partial charge in [0.15, 0.2) is 0 Å². The maximum absolute atomic E-state index is 13.9. The van der Waals surface area contributed by atoms with Gasteiger partial charge in [-0.2, -0.15) is 0 Å². The average Bonchev–Trinajstić information content (AvgIpc) is 2.93. The highest BCUT2D eigenvalue weighted by atomic mass is 35.5. The van der Waals surface area contributed by atoms with Gasteiger partial charge in [0.25, 0.3) is 10.0 Å². The van der Waals surface area contributed by atoms with Crippen LogP contribution in [0.2, 0.25) is 5.02 Å². The number of carbonyl (C=O) groups is 2. The Morgan fingerprint density at radius 1 is 0.947 bits per heavy atom. The van der Waals surface area contributed by atoms with Gasteiger partial charge in [0.05, 0.1) is 17.2 Å². The number of likely N-dealkylation sites (N-methyl/N-ethyl adjacent to an activating group) is 1. The van der Waals surface area contributed by atoms with E-state index in [-0.39, 0.29) is 17.3 Å². The second-order valence-electron chi connectivity index (χ2n) is 8.40. The second kappa shape index (κ2) is 13.3. The van der Waals surface area contributed by atoms with Gasteiger partial charge in [-0.25, -0.2) is 8.42 Å². The van der Waals surface area contributed by atoms with Gasteiger partial charge in [-0.3, -0.25) is 13.9 Å². The quantitative estimate of drug-likeness (QED) is 0.354. The molecule has 38 heavy (non-hydrogen) atoms. The summed E-state index contributed by atoms with van der Waals surface area (Å²) in [6.07, 6.45) is 0.326. The number of rotatable bonds is 12. The molecule has 0 bridgehead atoms. The van der Waals surface area contributed by atoms with Crippen molar-refractivity contribution in [3.63, 3.8) is 0 Å². The third kappa shape index (κ3) is 6.85. The number of benzene rings is 3. The lowest BCUT2D eigenvalue weighted by molar-refractivity contribution is -0.140. The summed E-state index contributed by atoms with van der Waals surface area (Å²) in [6, 6.07) is 20.6. The van der Waals surface area contributed by atoms with Gasteiger partial charge >= 0.3 is 0 Å². The number of halogens is 1. The first kappa shape index (κ1) is 29.0. The van der Waals surface area contributed by atoms with Crippen molar-refractivity contribution >= 4 is 39.1 Å². The fourth-order valence-corrected chi connectivity index (χ4v) is 5.63. The Morgan fingerprint density at radius 3 is 2.16 bits per heavy atom. The zero-order valence-corrected chi connectivity index (χ0v) is 23.2. The van der Waals surface area contributed by atoms with Gasteiger partial charge < -0.3 is 15.0 Å². The van der Waals surface area contributed by atoms with Crippen molar-refractivity contribution in [3.05, 3.63) is 89.4 Å². The first-order valence-electron chi connectivity index (χ1n) is 12.3. The van der Waals surface area contributed by atoms with Crippen molar-refractivity contribution in [1.82, 2.24) is 10.2 Å². The number of nitrogens with one attached hydrogen (secondary N) is 1. The molecular formula is C28H32ClN3O5S. The summed E-state index contributed by atoms with van der Waals surface area (Å²) in [5.41, 5.74) is 0.964. The number of hydrogen-bond acceptors (Lipinski definition) is 5. The monoisotopic (exact) mass is 557 g/mol. The highest BCUT2D eigenvalue weighted by Crippen LogP contribution is 2.26. The van der Waals surface area contributed by atoms with Crippen LogP contribution in [0.15, 0.2) is 83.8 Å². The third-order valence-electron chi connectivity index (χ3n) is 5.98. The maximum Gasteiger partial charge on any atom is 0.264 e. The molecule has 0 radical (unpaired) electrons. The number of nitrogens with zero attached hydrogens (tertiary/aromatic N) is 2. The first-order valence-corrected chi connectivity index (χ1v) is 14.1. The van der Waals surface area contributed by atoms with Gasteiger partial charge in [0.1, 0.15) is 18.3 Å². The van der Waals surface area contributed by atoms with Gasteiger partial charge in [-0.1, -0.05) is 54.9 Å². The number of amides is 2. The molecule has 0 aliphatic rings. The Labute approximate surface area is 229 Å². The zero-order valence-electron chi connectivity index (χ0n) is 21.6. The Bertz CT molecular complexity index is 1330. The molecule has 10 heteroatoms. The van der Waals surface area contributed by atoms with Crippen LogP contribution in [0, 0.1) is 0 Å². The lowest BCUT2D eigenvalue weighted by Gasteiger charge is -2.33. The first-order chi connectivity index (χ1) is 18.2. The van der Waals surface area contributed by atoms with Crippen LogP contribution in [0.4, 0.5) is 5.69 Å². The number of para-hydroxylation sites is 1. The predicted octanol–water partition coefficient (Wildman–Crippen LogP) is 4.49. The molecular weight excluding hydrogens is 526 g/mol. The number of carbonyl (C=O) groups excluding carboxylic acids is 2. The molecule has 0 heterocycles. The summed E-state index contributed by atoms with van der Waals surface area (Å²) in [5, 5.41) is 3.04. The molecule has 8 nitrogen and oxygen atoms in total. The van der Waals surface area contributed by atoms with Crippen molar-refractivity contribution in [2.75, 3.05) is 24.5 Å². The second-order valence-corrected chi connectivity index (χ2v) is 10.7. The molecule has 0 unspecified atom stereocenters. The molecule has 3 aromatic carbocycles. The molecule has 0 spiro atoms. The van der Waals surface area contributed by atoms with E-state index in [1.54, 1.807) is 73.7 Å². The Hall–Kier alpha value is -3.56. The molecule has 1 atom stereocenters. The molecule has 1 N–H and O–H groups in total. The van der Waals surface area contributed by atoms with Crippen LogP contribution in [-0.2, 0) is 26.2 Å². The molecule has 3 rings (SSSR count). The summed E-state index contributed by atoms with van der Waals surface area (Å²) in [7, 11) is -2.65. The molecule has 0 aliphatic heterocycles. The molecule has 202 valence electrons. The van der Waals surface area contributed by atoms with E-state index in [9.17, 15) is 18.0 Å². The van der Waals surface area contributed by atoms with Crippen molar-refractivity contribution in [3.8, 4) is 5.75 Å². The van der Waals surface area contributed by atoms with Crippen LogP contribution in [-0.4, -0.2) is 51.4 Å². The van der Waals surface area contributed by atoms with E-state index in [0.717, 1.165) is 4.31 Å². The van der Waals surface area contributed by atoms with Gasteiger partial charge in [0, 0.05) is 18.6 Å². The smallest absolute Gasteiger partial charge is 0.264 e. The third-order valence-corrected chi connectivity index (χ3v) is 8.13. The van der Waals surface area contributed by atoms with Crippen LogP contribution in [0.3, 0.4) is 0 Å². The van der Waals surface area contributed by atoms with Crippen LogP contribution in [0.5, 0.6) is 5.75 Å². The minimum atomic E-state index is -4.15. The summed E-state index contributed by atoms with van der Waals surface area (Å²) in [5.74, 6) is -0.358. The van der Waals surface area contributed by atoms with Crippen molar-refractivity contribution < 1.29 is 22.7 Å². The summed E-state index contributed by atoms with van der Waals surface area (Å²) < 4.78 is 34.1. The SMILES string of the molecule is CCOc1ccc(S(=O)(=O)N(CC(=O)N(Cc2ccccc2Cl)[C@H](CC)C(=O)NC)c2ccccc2)cc1. The summed E-state index contributed by atoms with van der Waals surface area (Å²) >= 11 is 6.37. The van der Waals surface area contributed by atoms with E-state index in [4.69, 9.17) is 16.3 Å². The van der Waals surface area contributed by atoms with E-state index in [1.165, 1.54) is 24.1 Å². The van der Waals surface area contributed by atoms with Crippen LogP contribution >= 0.6 is 11.6 Å². The zero-order chi connectivity index (χ0) is 27.7.